The van der Waals surface area contributed by atoms with Crippen molar-refractivity contribution in [2.24, 2.45) is 0 Å². The van der Waals surface area contributed by atoms with E-state index in [4.69, 9.17) is 10.7 Å². The summed E-state index contributed by atoms with van der Waals surface area (Å²) in [5.41, 5.74) is 10.0. The molecule has 0 aliphatic rings. The van der Waals surface area contributed by atoms with Gasteiger partial charge in [0.05, 0.1) is 10.9 Å². The van der Waals surface area contributed by atoms with E-state index in [0.29, 0.717) is 59.5 Å². The Morgan fingerprint density at radius 1 is 0.829 bits per heavy atom. The molecule has 0 atom stereocenters. The van der Waals surface area contributed by atoms with Crippen LogP contribution < -0.4 is 16.6 Å². The van der Waals surface area contributed by atoms with Gasteiger partial charge in [-0.2, -0.15) is 0 Å². The van der Waals surface area contributed by atoms with Crippen molar-refractivity contribution in [2.45, 2.75) is 19.4 Å². The fourth-order valence-electron chi connectivity index (χ4n) is 4.13. The number of para-hydroxylation sites is 1. The molecule has 0 amide bonds. The summed E-state index contributed by atoms with van der Waals surface area (Å²) in [6.45, 7) is 0.968. The number of rotatable bonds is 7. The zero-order chi connectivity index (χ0) is 24.4. The van der Waals surface area contributed by atoms with Crippen LogP contribution in [0.4, 0.5) is 20.3 Å². The Bertz CT molecular complexity index is 1560. The Labute approximate surface area is 200 Å². The van der Waals surface area contributed by atoms with E-state index in [-0.39, 0.29) is 17.2 Å². The number of halogens is 2. The molecule has 0 radical (unpaired) electrons. The molecule has 8 heteroatoms. The Morgan fingerprint density at radius 3 is 2.14 bits per heavy atom. The van der Waals surface area contributed by atoms with Crippen LogP contribution in [0.25, 0.3) is 22.1 Å². The number of hydrogen-bond acceptors (Lipinski definition) is 5. The molecule has 5 rings (SSSR count). The standard InChI is InChI=1S/C27H23F2N5O/c28-19-9-5-17(6-10-19)13-15-31-23-24-26(32-22-4-2-1-3-21(22)27(35)33-24)34(25(23)30)16-14-18-7-11-20(29)12-8-18/h1-12,31H,13-16,30H2. The zero-order valence-electron chi connectivity index (χ0n) is 18.8. The van der Waals surface area contributed by atoms with E-state index < -0.39 is 0 Å². The van der Waals surface area contributed by atoms with Crippen molar-refractivity contribution in [3.8, 4) is 0 Å². The molecule has 0 bridgehead atoms. The summed E-state index contributed by atoms with van der Waals surface area (Å²) in [5.74, 6) is -0.163. The third-order valence-electron chi connectivity index (χ3n) is 5.99. The van der Waals surface area contributed by atoms with Crippen LogP contribution in [0.2, 0.25) is 0 Å². The van der Waals surface area contributed by atoms with Gasteiger partial charge in [0.1, 0.15) is 28.7 Å². The molecule has 0 unspecified atom stereocenters. The monoisotopic (exact) mass is 471 g/mol. The van der Waals surface area contributed by atoms with Crippen molar-refractivity contribution >= 4 is 33.6 Å². The van der Waals surface area contributed by atoms with Crippen LogP contribution >= 0.6 is 0 Å². The van der Waals surface area contributed by atoms with Crippen LogP contribution in [-0.2, 0) is 19.4 Å². The van der Waals surface area contributed by atoms with Gasteiger partial charge in [0.15, 0.2) is 5.65 Å². The molecule has 5 aromatic rings. The van der Waals surface area contributed by atoms with E-state index in [1.54, 1.807) is 42.5 Å². The molecule has 35 heavy (non-hydrogen) atoms. The minimum absolute atomic E-state index is 0.284. The number of nitrogens with two attached hydrogens (primary N) is 1. The van der Waals surface area contributed by atoms with Crippen molar-refractivity contribution < 1.29 is 8.78 Å². The molecule has 176 valence electrons. The van der Waals surface area contributed by atoms with Crippen molar-refractivity contribution in [1.82, 2.24) is 14.5 Å². The van der Waals surface area contributed by atoms with Gasteiger partial charge in [-0.15, -0.1) is 0 Å². The number of nitrogens with one attached hydrogen (secondary N) is 1. The normalized spacial score (nSPS) is 11.3. The van der Waals surface area contributed by atoms with Crippen molar-refractivity contribution in [2.75, 3.05) is 17.6 Å². The summed E-state index contributed by atoms with van der Waals surface area (Å²) in [7, 11) is 0. The van der Waals surface area contributed by atoms with Gasteiger partial charge in [-0.25, -0.2) is 18.7 Å². The number of benzene rings is 3. The van der Waals surface area contributed by atoms with E-state index in [0.717, 1.165) is 11.1 Å². The minimum Gasteiger partial charge on any atom is -0.383 e. The average molecular weight is 472 g/mol. The highest BCUT2D eigenvalue weighted by Gasteiger charge is 2.18. The third-order valence-corrected chi connectivity index (χ3v) is 5.99. The smallest absolute Gasteiger partial charge is 0.279 e. The molecule has 2 aromatic heterocycles. The van der Waals surface area contributed by atoms with Gasteiger partial charge in [-0.1, -0.05) is 36.4 Å². The van der Waals surface area contributed by atoms with Crippen LogP contribution in [0.3, 0.4) is 0 Å². The van der Waals surface area contributed by atoms with Gasteiger partial charge >= 0.3 is 0 Å². The third kappa shape index (κ3) is 4.68. The molecule has 2 heterocycles. The molecular weight excluding hydrogens is 448 g/mol. The molecule has 0 fully saturated rings. The maximum Gasteiger partial charge on any atom is 0.279 e. The quantitative estimate of drug-likeness (QED) is 0.359. The van der Waals surface area contributed by atoms with Gasteiger partial charge in [0, 0.05) is 13.1 Å². The number of anilines is 2. The van der Waals surface area contributed by atoms with Crippen LogP contribution in [0.1, 0.15) is 11.1 Å². The second-order valence-corrected chi connectivity index (χ2v) is 8.31. The molecule has 3 N–H and O–H groups in total. The van der Waals surface area contributed by atoms with Gasteiger partial charge in [0.25, 0.3) is 5.56 Å². The molecule has 0 saturated heterocycles. The highest BCUT2D eigenvalue weighted by Crippen LogP contribution is 2.31. The predicted octanol–water partition coefficient (Wildman–Crippen LogP) is 4.70. The second kappa shape index (κ2) is 9.50. The van der Waals surface area contributed by atoms with Crippen molar-refractivity contribution in [1.29, 1.82) is 0 Å². The van der Waals surface area contributed by atoms with Crippen molar-refractivity contribution in [3.63, 3.8) is 0 Å². The summed E-state index contributed by atoms with van der Waals surface area (Å²) < 4.78 is 28.4. The zero-order valence-corrected chi connectivity index (χ0v) is 18.8. The lowest BCUT2D eigenvalue weighted by atomic mass is 10.1. The van der Waals surface area contributed by atoms with Gasteiger partial charge in [-0.3, -0.25) is 4.79 Å². The van der Waals surface area contributed by atoms with E-state index in [1.807, 2.05) is 10.6 Å². The number of aryl methyl sites for hydroxylation is 2. The lowest BCUT2D eigenvalue weighted by Crippen LogP contribution is -2.10. The van der Waals surface area contributed by atoms with Gasteiger partial charge in [-0.05, 0) is 60.4 Å². The number of fused-ring (bicyclic) bond motifs is 2. The fourth-order valence-corrected chi connectivity index (χ4v) is 4.13. The summed E-state index contributed by atoms with van der Waals surface area (Å²) in [6.07, 6.45) is 1.21. The Balaban J connectivity index is 1.54. The maximum atomic E-state index is 13.3. The highest BCUT2D eigenvalue weighted by atomic mass is 19.1. The minimum atomic E-state index is -0.389. The van der Waals surface area contributed by atoms with Gasteiger partial charge in [0.2, 0.25) is 0 Å². The molecule has 0 aliphatic carbocycles. The molecule has 6 nitrogen and oxygen atoms in total. The lowest BCUT2D eigenvalue weighted by Gasteiger charge is -2.09. The SMILES string of the molecule is Nc1c(NCCc2ccc(F)cc2)c2nc(=O)c3ccccc3nc2n1CCc1ccc(F)cc1. The number of nitrogens with zero attached hydrogens (tertiary/aromatic N) is 3. The van der Waals surface area contributed by atoms with Crippen molar-refractivity contribution in [3.05, 3.63) is 106 Å². The Hall–Kier alpha value is -4.33. The summed E-state index contributed by atoms with van der Waals surface area (Å²) in [5, 5.41) is 3.73. The van der Waals surface area contributed by atoms with E-state index >= 15 is 0 Å². The number of nitrogen functional groups attached to an aromatic ring is 1. The number of hydrogen-bond donors (Lipinski definition) is 2. The summed E-state index contributed by atoms with van der Waals surface area (Å²) in [4.78, 5) is 22.0. The molecule has 3 aromatic carbocycles. The predicted molar refractivity (Wildman–Crippen MR) is 134 cm³/mol. The lowest BCUT2D eigenvalue weighted by molar-refractivity contribution is 0.626. The summed E-state index contributed by atoms with van der Waals surface area (Å²) in [6, 6.07) is 19.7. The first-order chi connectivity index (χ1) is 17.0. The highest BCUT2D eigenvalue weighted by molar-refractivity contribution is 5.96. The molecule has 0 spiro atoms. The Kier molecular flexibility index (Phi) is 6.10. The second-order valence-electron chi connectivity index (χ2n) is 8.31. The van der Waals surface area contributed by atoms with E-state index in [2.05, 4.69) is 10.3 Å². The molecule has 0 saturated carbocycles. The number of aromatic nitrogens is 3. The van der Waals surface area contributed by atoms with Gasteiger partial charge < -0.3 is 15.6 Å². The van der Waals surface area contributed by atoms with Crippen LogP contribution in [0, 0.1) is 11.6 Å². The topological polar surface area (TPSA) is 85.8 Å². The fraction of sp³-hybridized carbons (Fsp3) is 0.148. The van der Waals surface area contributed by atoms with E-state index in [9.17, 15) is 13.6 Å². The molecule has 0 aliphatic heterocycles. The first-order valence-electron chi connectivity index (χ1n) is 11.3. The Morgan fingerprint density at radius 2 is 1.46 bits per heavy atom. The maximum absolute atomic E-state index is 13.3. The summed E-state index contributed by atoms with van der Waals surface area (Å²) >= 11 is 0. The van der Waals surface area contributed by atoms with E-state index in [1.165, 1.54) is 24.3 Å². The first-order valence-corrected chi connectivity index (χ1v) is 11.3. The largest absolute Gasteiger partial charge is 0.383 e. The molecular formula is C27H23F2N5O. The van der Waals surface area contributed by atoms with Crippen LogP contribution in [0.5, 0.6) is 0 Å². The van der Waals surface area contributed by atoms with Crippen LogP contribution in [-0.4, -0.2) is 21.1 Å². The first kappa shape index (κ1) is 22.5. The van der Waals surface area contributed by atoms with Crippen LogP contribution in [0.15, 0.2) is 77.6 Å². The average Bonchev–Trinajstić information content (AvgIpc) is 3.00.